The van der Waals surface area contributed by atoms with Gasteiger partial charge in [0.2, 0.25) is 5.16 Å². The molecule has 16 heavy (non-hydrogen) atoms. The predicted octanol–water partition coefficient (Wildman–Crippen LogP) is 0.298. The minimum atomic E-state index is -3.39. The van der Waals surface area contributed by atoms with Gasteiger partial charge in [0.05, 0.1) is 0 Å². The van der Waals surface area contributed by atoms with Gasteiger partial charge in [0.15, 0.2) is 0 Å². The molecule has 2 bridgehead atoms. The molecule has 0 radical (unpaired) electrons. The Labute approximate surface area is 98.9 Å². The van der Waals surface area contributed by atoms with Crippen molar-refractivity contribution in [3.63, 3.8) is 0 Å². The van der Waals surface area contributed by atoms with E-state index in [1.807, 2.05) is 11.8 Å². The summed E-state index contributed by atoms with van der Waals surface area (Å²) in [6.07, 6.45) is 4.18. The van der Waals surface area contributed by atoms with Gasteiger partial charge in [-0.2, -0.15) is 16.1 Å². The zero-order chi connectivity index (χ0) is 11.3. The highest BCUT2D eigenvalue weighted by Gasteiger charge is 2.45. The summed E-state index contributed by atoms with van der Waals surface area (Å²) < 4.78 is 27.9. The van der Waals surface area contributed by atoms with E-state index in [1.54, 1.807) is 22.1 Å². The second-order valence-electron chi connectivity index (χ2n) is 4.24. The van der Waals surface area contributed by atoms with E-state index in [0.717, 1.165) is 12.2 Å². The number of nitrogens with zero attached hydrogens (tertiary/aromatic N) is 3. The Morgan fingerprint density at radius 3 is 2.88 bits per heavy atom. The minimum Gasteiger partial charge on any atom is -0.324 e. The second-order valence-corrected chi connectivity index (χ2v) is 7.36. The summed E-state index contributed by atoms with van der Waals surface area (Å²) in [5.41, 5.74) is 0. The number of hydrogen-bond acceptors (Lipinski definition) is 4. The molecule has 2 aliphatic heterocycles. The summed E-state index contributed by atoms with van der Waals surface area (Å²) in [5, 5.41) is 0.644. The summed E-state index contributed by atoms with van der Waals surface area (Å²) in [6, 6.07) is 0.177. The molecule has 0 N–H and O–H groups in total. The molecular formula is C9H13N3O2S2. The lowest BCUT2D eigenvalue weighted by Gasteiger charge is -2.25. The first-order chi connectivity index (χ1) is 7.59. The van der Waals surface area contributed by atoms with E-state index in [1.165, 1.54) is 6.20 Å². The van der Waals surface area contributed by atoms with E-state index >= 15 is 0 Å². The van der Waals surface area contributed by atoms with Crippen LogP contribution in [0.1, 0.15) is 6.42 Å². The summed E-state index contributed by atoms with van der Waals surface area (Å²) in [4.78, 5) is 3.94. The van der Waals surface area contributed by atoms with Gasteiger partial charge in [-0.05, 0) is 6.42 Å². The van der Waals surface area contributed by atoms with Crippen LogP contribution in [0.25, 0.3) is 0 Å². The molecule has 2 fully saturated rings. The number of thioether (sulfide) groups is 1. The summed E-state index contributed by atoms with van der Waals surface area (Å²) in [7, 11) is -1.67. The minimum absolute atomic E-state index is 0.157. The molecule has 2 aliphatic rings. The Morgan fingerprint density at radius 1 is 1.56 bits per heavy atom. The van der Waals surface area contributed by atoms with Crippen molar-refractivity contribution in [1.29, 1.82) is 0 Å². The molecule has 5 nitrogen and oxygen atoms in total. The van der Waals surface area contributed by atoms with E-state index in [4.69, 9.17) is 0 Å². The standard InChI is InChI=1S/C9H13N3O2S2/c1-11-3-2-10-9(11)16(13,14)12-5-8-4-7(12)6-15-8/h2-3,7-8H,4-6H2,1H3/t7-,8+/m0/s1. The second kappa shape index (κ2) is 3.48. The van der Waals surface area contributed by atoms with Crippen molar-refractivity contribution < 1.29 is 8.42 Å². The molecule has 1 aromatic heterocycles. The maximum absolute atomic E-state index is 12.3. The van der Waals surface area contributed by atoms with Crippen molar-refractivity contribution >= 4 is 21.8 Å². The van der Waals surface area contributed by atoms with E-state index in [2.05, 4.69) is 4.98 Å². The van der Waals surface area contributed by atoms with Gasteiger partial charge in [0.1, 0.15) is 0 Å². The third-order valence-electron chi connectivity index (χ3n) is 3.17. The Morgan fingerprint density at radius 2 is 2.38 bits per heavy atom. The first kappa shape index (κ1) is 10.6. The average molecular weight is 259 g/mol. The van der Waals surface area contributed by atoms with Gasteiger partial charge < -0.3 is 4.57 Å². The fourth-order valence-electron chi connectivity index (χ4n) is 2.36. The number of hydrogen-bond donors (Lipinski definition) is 0. The zero-order valence-electron chi connectivity index (χ0n) is 8.91. The maximum atomic E-state index is 12.3. The third kappa shape index (κ3) is 1.42. The summed E-state index contributed by atoms with van der Waals surface area (Å²) >= 11 is 1.88. The summed E-state index contributed by atoms with van der Waals surface area (Å²) in [5.74, 6) is 0.925. The molecule has 0 aliphatic carbocycles. The average Bonchev–Trinajstić information content (AvgIpc) is 2.91. The molecule has 88 valence electrons. The van der Waals surface area contributed by atoms with Gasteiger partial charge in [0.25, 0.3) is 10.0 Å². The van der Waals surface area contributed by atoms with E-state index in [0.29, 0.717) is 11.8 Å². The number of fused-ring (bicyclic) bond motifs is 2. The number of sulfonamides is 1. The largest absolute Gasteiger partial charge is 0.324 e. The van der Waals surface area contributed by atoms with Crippen LogP contribution < -0.4 is 0 Å². The normalized spacial score (nSPS) is 30.1. The molecule has 3 heterocycles. The topological polar surface area (TPSA) is 55.2 Å². The highest BCUT2D eigenvalue weighted by atomic mass is 32.2. The molecule has 0 amide bonds. The smallest absolute Gasteiger partial charge is 0.277 e. The number of aryl methyl sites for hydroxylation is 1. The van der Waals surface area contributed by atoms with Crippen LogP contribution in [-0.4, -0.2) is 45.9 Å². The van der Waals surface area contributed by atoms with Crippen molar-refractivity contribution in [3.05, 3.63) is 12.4 Å². The van der Waals surface area contributed by atoms with Gasteiger partial charge >= 0.3 is 0 Å². The van der Waals surface area contributed by atoms with E-state index < -0.39 is 10.0 Å². The fourth-order valence-corrected chi connectivity index (χ4v) is 5.75. The van der Waals surface area contributed by atoms with Crippen molar-refractivity contribution in [2.45, 2.75) is 22.9 Å². The lowest BCUT2D eigenvalue weighted by atomic mass is 10.3. The van der Waals surface area contributed by atoms with Crippen LogP contribution in [0.15, 0.2) is 17.6 Å². The zero-order valence-corrected chi connectivity index (χ0v) is 10.5. The van der Waals surface area contributed by atoms with Gasteiger partial charge in [-0.25, -0.2) is 13.4 Å². The number of aromatic nitrogens is 2. The van der Waals surface area contributed by atoms with Crippen molar-refractivity contribution in [3.8, 4) is 0 Å². The van der Waals surface area contributed by atoms with Crippen molar-refractivity contribution in [1.82, 2.24) is 13.9 Å². The molecule has 3 rings (SSSR count). The molecular weight excluding hydrogens is 246 g/mol. The van der Waals surface area contributed by atoms with Crippen LogP contribution >= 0.6 is 11.8 Å². The predicted molar refractivity (Wildman–Crippen MR) is 61.8 cm³/mol. The molecule has 0 unspecified atom stereocenters. The van der Waals surface area contributed by atoms with Gasteiger partial charge in [0, 0.05) is 43.0 Å². The maximum Gasteiger partial charge on any atom is 0.277 e. The Bertz CT molecular complexity index is 511. The molecule has 2 atom stereocenters. The van der Waals surface area contributed by atoms with Crippen LogP contribution in [0.3, 0.4) is 0 Å². The fraction of sp³-hybridized carbons (Fsp3) is 0.667. The van der Waals surface area contributed by atoms with Crippen LogP contribution in [-0.2, 0) is 17.1 Å². The third-order valence-corrected chi connectivity index (χ3v) is 6.48. The van der Waals surface area contributed by atoms with Gasteiger partial charge in [-0.3, -0.25) is 0 Å². The Kier molecular flexibility index (Phi) is 2.31. The van der Waals surface area contributed by atoms with E-state index in [9.17, 15) is 8.42 Å². The number of rotatable bonds is 2. The quantitative estimate of drug-likeness (QED) is 0.766. The Hall–Kier alpha value is -0.530. The molecule has 0 spiro atoms. The monoisotopic (exact) mass is 259 g/mol. The molecule has 0 aromatic carbocycles. The van der Waals surface area contributed by atoms with Gasteiger partial charge in [-0.15, -0.1) is 0 Å². The lowest BCUT2D eigenvalue weighted by Crippen LogP contribution is -2.40. The molecule has 7 heteroatoms. The number of imidazole rings is 1. The van der Waals surface area contributed by atoms with Gasteiger partial charge in [-0.1, -0.05) is 0 Å². The highest BCUT2D eigenvalue weighted by molar-refractivity contribution is 8.00. The lowest BCUT2D eigenvalue weighted by molar-refractivity contribution is 0.403. The van der Waals surface area contributed by atoms with Crippen LogP contribution in [0.5, 0.6) is 0 Å². The van der Waals surface area contributed by atoms with Crippen LogP contribution in [0.4, 0.5) is 0 Å². The molecule has 2 saturated heterocycles. The molecule has 0 saturated carbocycles. The summed E-state index contributed by atoms with van der Waals surface area (Å²) in [6.45, 7) is 0.643. The Balaban J connectivity index is 1.98. The first-order valence-electron chi connectivity index (χ1n) is 5.20. The van der Waals surface area contributed by atoms with Crippen molar-refractivity contribution in [2.75, 3.05) is 12.3 Å². The highest BCUT2D eigenvalue weighted by Crippen LogP contribution is 2.39. The van der Waals surface area contributed by atoms with Crippen molar-refractivity contribution in [2.24, 2.45) is 7.05 Å². The van der Waals surface area contributed by atoms with Crippen LogP contribution in [0, 0.1) is 0 Å². The molecule has 1 aromatic rings. The SMILES string of the molecule is Cn1ccnc1S(=O)(=O)N1C[C@H]2C[C@H]1CS2. The first-order valence-corrected chi connectivity index (χ1v) is 7.68. The van der Waals surface area contributed by atoms with Crippen LogP contribution in [0.2, 0.25) is 0 Å². The van der Waals surface area contributed by atoms with E-state index in [-0.39, 0.29) is 11.2 Å².